The number of methoxy groups -OCH3 is 1. The number of nitrogens with one attached hydrogen (secondary N) is 1. The third-order valence-corrected chi connectivity index (χ3v) is 3.27. The fraction of sp³-hybridized carbons (Fsp3) is 0.533. The molecule has 3 atom stereocenters. The van der Waals surface area contributed by atoms with E-state index in [1.165, 1.54) is 26.2 Å². The van der Waals surface area contributed by atoms with Gasteiger partial charge in [-0.1, -0.05) is 12.2 Å². The lowest BCUT2D eigenvalue weighted by atomic mass is 9.89. The molecule has 22 heavy (non-hydrogen) atoms. The highest BCUT2D eigenvalue weighted by atomic mass is 16.6. The first-order valence-corrected chi connectivity index (χ1v) is 6.94. The van der Waals surface area contributed by atoms with Crippen LogP contribution in [-0.4, -0.2) is 48.8 Å². The van der Waals surface area contributed by atoms with Crippen LogP contribution in [-0.2, 0) is 23.9 Å². The first-order chi connectivity index (χ1) is 10.4. The molecule has 0 heterocycles. The van der Waals surface area contributed by atoms with Gasteiger partial charge in [-0.2, -0.15) is 0 Å². The molecule has 1 aliphatic rings. The van der Waals surface area contributed by atoms with Crippen LogP contribution in [0.15, 0.2) is 23.8 Å². The molecule has 0 aromatic heterocycles. The number of aliphatic hydroxyl groups is 1. The Balaban J connectivity index is 2.88. The lowest BCUT2D eigenvalue weighted by Gasteiger charge is -2.29. The second-order valence-corrected chi connectivity index (χ2v) is 4.90. The molecule has 2 N–H and O–H groups in total. The van der Waals surface area contributed by atoms with Gasteiger partial charge in [-0.25, -0.2) is 4.79 Å². The van der Waals surface area contributed by atoms with E-state index in [0.717, 1.165) is 0 Å². The molecule has 0 fully saturated rings. The van der Waals surface area contributed by atoms with Crippen molar-refractivity contribution < 1.29 is 29.0 Å². The maximum absolute atomic E-state index is 11.9. The van der Waals surface area contributed by atoms with Gasteiger partial charge < -0.3 is 19.9 Å². The highest BCUT2D eigenvalue weighted by Gasteiger charge is 2.33. The number of esters is 1. The van der Waals surface area contributed by atoms with Gasteiger partial charge in [0.25, 0.3) is 0 Å². The van der Waals surface area contributed by atoms with Gasteiger partial charge in [-0.15, -0.1) is 0 Å². The smallest absolute Gasteiger partial charge is 0.328 e. The number of ether oxygens (including phenoxy) is 2. The van der Waals surface area contributed by atoms with Crippen molar-refractivity contribution in [2.45, 2.75) is 32.1 Å². The van der Waals surface area contributed by atoms with Gasteiger partial charge in [0, 0.05) is 14.0 Å². The fourth-order valence-corrected chi connectivity index (χ4v) is 2.19. The van der Waals surface area contributed by atoms with E-state index < -0.39 is 17.8 Å². The van der Waals surface area contributed by atoms with Gasteiger partial charge in [0.05, 0.1) is 12.2 Å². The zero-order valence-electron chi connectivity index (χ0n) is 12.9. The predicted molar refractivity (Wildman–Crippen MR) is 77.6 cm³/mol. The molecular formula is C15H21NO6. The van der Waals surface area contributed by atoms with E-state index in [0.29, 0.717) is 6.29 Å². The minimum absolute atomic E-state index is 0.0490. The Bertz CT molecular complexity index is 498. The summed E-state index contributed by atoms with van der Waals surface area (Å²) < 4.78 is 9.81. The molecule has 0 saturated heterocycles. The first kappa shape index (κ1) is 18.1. The lowest BCUT2D eigenvalue weighted by molar-refractivity contribution is -0.147. The Morgan fingerprint density at radius 3 is 2.73 bits per heavy atom. The van der Waals surface area contributed by atoms with Crippen LogP contribution in [0.2, 0.25) is 0 Å². The van der Waals surface area contributed by atoms with Crippen LogP contribution in [0.3, 0.4) is 0 Å². The Morgan fingerprint density at radius 2 is 2.23 bits per heavy atom. The van der Waals surface area contributed by atoms with Crippen molar-refractivity contribution in [1.82, 2.24) is 5.32 Å². The Kier molecular flexibility index (Phi) is 6.45. The average Bonchev–Trinajstić information content (AvgIpc) is 2.48. The van der Waals surface area contributed by atoms with Crippen LogP contribution < -0.4 is 5.32 Å². The molecule has 1 rings (SSSR count). The third kappa shape index (κ3) is 4.51. The molecule has 0 saturated carbocycles. The molecule has 0 aromatic carbocycles. The van der Waals surface area contributed by atoms with Crippen LogP contribution in [0.1, 0.15) is 20.3 Å². The van der Waals surface area contributed by atoms with E-state index >= 15 is 0 Å². The highest BCUT2D eigenvalue weighted by molar-refractivity contribution is 5.83. The number of aldehydes is 1. The quantitative estimate of drug-likeness (QED) is 0.299. The van der Waals surface area contributed by atoms with Crippen molar-refractivity contribution >= 4 is 18.2 Å². The van der Waals surface area contributed by atoms with E-state index in [1.54, 1.807) is 13.0 Å². The van der Waals surface area contributed by atoms with Crippen LogP contribution in [0, 0.1) is 5.92 Å². The average molecular weight is 311 g/mol. The number of hydrogen-bond acceptors (Lipinski definition) is 6. The SMILES string of the molecule is CCOC(=O)[C@H](CC1C=CC(O)(OC)C(C=O)=C1)NC(C)=O. The van der Waals surface area contributed by atoms with E-state index in [-0.39, 0.29) is 30.4 Å². The molecular weight excluding hydrogens is 290 g/mol. The molecule has 0 aliphatic heterocycles. The maximum atomic E-state index is 11.9. The number of rotatable bonds is 7. The van der Waals surface area contributed by atoms with Crippen LogP contribution in [0.25, 0.3) is 0 Å². The third-order valence-electron chi connectivity index (χ3n) is 3.27. The number of carbonyl (C=O) groups is 3. The summed E-state index contributed by atoms with van der Waals surface area (Å²) in [5.74, 6) is -2.98. The second-order valence-electron chi connectivity index (χ2n) is 4.90. The topological polar surface area (TPSA) is 102 Å². The zero-order valence-corrected chi connectivity index (χ0v) is 12.9. The normalized spacial score (nSPS) is 25.1. The van der Waals surface area contributed by atoms with Crippen molar-refractivity contribution in [3.8, 4) is 0 Å². The predicted octanol–water partition coefficient (Wildman–Crippen LogP) is 0.0906. The molecule has 0 bridgehead atoms. The summed E-state index contributed by atoms with van der Waals surface area (Å²) in [5, 5.41) is 12.6. The summed E-state index contributed by atoms with van der Waals surface area (Å²) in [6, 6.07) is -0.829. The zero-order chi connectivity index (χ0) is 16.8. The summed E-state index contributed by atoms with van der Waals surface area (Å²) in [7, 11) is 1.28. The van der Waals surface area contributed by atoms with Crippen molar-refractivity contribution in [2.24, 2.45) is 5.92 Å². The van der Waals surface area contributed by atoms with Crippen LogP contribution >= 0.6 is 0 Å². The summed E-state index contributed by atoms with van der Waals surface area (Å²) >= 11 is 0. The van der Waals surface area contributed by atoms with E-state index in [1.807, 2.05) is 0 Å². The Morgan fingerprint density at radius 1 is 1.55 bits per heavy atom. The molecule has 0 aromatic rings. The summed E-state index contributed by atoms with van der Waals surface area (Å²) in [6.07, 6.45) is 5.18. The monoisotopic (exact) mass is 311 g/mol. The van der Waals surface area contributed by atoms with E-state index in [9.17, 15) is 19.5 Å². The molecule has 7 heteroatoms. The van der Waals surface area contributed by atoms with Crippen molar-refractivity contribution in [3.05, 3.63) is 23.8 Å². The maximum Gasteiger partial charge on any atom is 0.328 e. The molecule has 1 aliphatic carbocycles. The van der Waals surface area contributed by atoms with Gasteiger partial charge >= 0.3 is 5.97 Å². The summed E-state index contributed by atoms with van der Waals surface area (Å²) in [6.45, 7) is 3.18. The standard InChI is InChI=1S/C15H21NO6/c1-4-22-14(19)13(16-10(2)18)8-11-5-6-15(20,21-3)12(7-11)9-17/h5-7,9,11,13,20H,4,8H2,1-3H3,(H,16,18)/t11?,13-,15?/m0/s1. The second kappa shape index (κ2) is 7.86. The highest BCUT2D eigenvalue weighted by Crippen LogP contribution is 2.28. The summed E-state index contributed by atoms with van der Waals surface area (Å²) in [4.78, 5) is 34.1. The van der Waals surface area contributed by atoms with Gasteiger partial charge in [0.1, 0.15) is 6.04 Å². The molecule has 7 nitrogen and oxygen atoms in total. The van der Waals surface area contributed by atoms with E-state index in [2.05, 4.69) is 5.32 Å². The minimum Gasteiger partial charge on any atom is -0.464 e. The molecule has 1 amide bonds. The lowest BCUT2D eigenvalue weighted by Crippen LogP contribution is -2.42. The fourth-order valence-electron chi connectivity index (χ4n) is 2.19. The number of carbonyl (C=O) groups excluding carboxylic acids is 3. The van der Waals surface area contributed by atoms with Crippen molar-refractivity contribution in [1.29, 1.82) is 0 Å². The Labute approximate surface area is 129 Å². The Hall–Kier alpha value is -1.99. The van der Waals surface area contributed by atoms with Crippen molar-refractivity contribution in [3.63, 3.8) is 0 Å². The van der Waals surface area contributed by atoms with Gasteiger partial charge in [-0.05, 0) is 25.3 Å². The molecule has 0 spiro atoms. The minimum atomic E-state index is -1.76. The van der Waals surface area contributed by atoms with Gasteiger partial charge in [-0.3, -0.25) is 9.59 Å². The van der Waals surface area contributed by atoms with Crippen molar-refractivity contribution in [2.75, 3.05) is 13.7 Å². The first-order valence-electron chi connectivity index (χ1n) is 6.94. The summed E-state index contributed by atoms with van der Waals surface area (Å²) in [5.41, 5.74) is 0.0490. The number of amides is 1. The number of hydrogen-bond donors (Lipinski definition) is 2. The van der Waals surface area contributed by atoms with Crippen LogP contribution in [0.5, 0.6) is 0 Å². The van der Waals surface area contributed by atoms with Gasteiger partial charge in [0.2, 0.25) is 11.7 Å². The van der Waals surface area contributed by atoms with Gasteiger partial charge in [0.15, 0.2) is 6.29 Å². The number of allylic oxidation sites excluding steroid dienone is 2. The largest absolute Gasteiger partial charge is 0.464 e. The molecule has 2 unspecified atom stereocenters. The molecule has 122 valence electrons. The van der Waals surface area contributed by atoms with E-state index in [4.69, 9.17) is 9.47 Å². The molecule has 0 radical (unpaired) electrons. The van der Waals surface area contributed by atoms with Crippen LogP contribution in [0.4, 0.5) is 0 Å².